The zero-order valence-corrected chi connectivity index (χ0v) is 24.7. The molecule has 0 aliphatic rings. The SMILES string of the molecule is [C-]#[N+]c1cc(C#N)c(C(c2cc(C#N)c(-n3c4ccccc4c4ccccc43)c([N+]#[C-])c2)c2c(C#N)cc(C)cc2[N+]#[C-])c(C#N)c1. The number of rotatable bonds is 4. The Hall–Kier alpha value is -7.67. The van der Waals surface area contributed by atoms with Crippen molar-refractivity contribution in [2.75, 3.05) is 0 Å². The van der Waals surface area contributed by atoms with Crippen LogP contribution in [0.1, 0.15) is 50.4 Å². The van der Waals surface area contributed by atoms with Crippen LogP contribution in [0.2, 0.25) is 0 Å². The van der Waals surface area contributed by atoms with Crippen molar-refractivity contribution in [2.45, 2.75) is 12.8 Å². The monoisotopic (exact) mass is 598 g/mol. The molecule has 0 radical (unpaired) electrons. The number of nitrogens with zero attached hydrogens (tertiary/aromatic N) is 8. The topological polar surface area (TPSA) is 113 Å². The molecule has 0 aliphatic heterocycles. The lowest BCUT2D eigenvalue weighted by atomic mass is 9.77. The highest BCUT2D eigenvalue weighted by atomic mass is 15.0. The van der Waals surface area contributed by atoms with Crippen molar-refractivity contribution in [2.24, 2.45) is 0 Å². The third-order valence-corrected chi connectivity index (χ3v) is 8.15. The van der Waals surface area contributed by atoms with Gasteiger partial charge >= 0.3 is 0 Å². The first-order valence-corrected chi connectivity index (χ1v) is 14.1. The second-order valence-corrected chi connectivity index (χ2v) is 10.7. The third-order valence-electron chi connectivity index (χ3n) is 8.15. The van der Waals surface area contributed by atoms with Gasteiger partial charge in [-0.3, -0.25) is 0 Å². The van der Waals surface area contributed by atoms with E-state index in [1.54, 1.807) is 31.2 Å². The lowest BCUT2D eigenvalue weighted by molar-refractivity contribution is 0.961. The van der Waals surface area contributed by atoms with Gasteiger partial charge in [0.15, 0.2) is 11.4 Å². The van der Waals surface area contributed by atoms with E-state index in [4.69, 9.17) is 19.7 Å². The van der Waals surface area contributed by atoms with Crippen molar-refractivity contribution < 1.29 is 0 Å². The lowest BCUT2D eigenvalue weighted by Gasteiger charge is -2.25. The minimum absolute atomic E-state index is 0.00906. The molecule has 5 aromatic carbocycles. The normalized spacial score (nSPS) is 10.9. The number of benzene rings is 5. The van der Waals surface area contributed by atoms with Crippen molar-refractivity contribution in [3.8, 4) is 30.0 Å². The molecule has 1 aromatic heterocycles. The highest BCUT2D eigenvalue weighted by Crippen LogP contribution is 2.46. The van der Waals surface area contributed by atoms with Crippen LogP contribution in [0.25, 0.3) is 42.0 Å². The average molecular weight is 599 g/mol. The Morgan fingerprint density at radius 1 is 0.596 bits per heavy atom. The number of para-hydroxylation sites is 2. The molecule has 0 saturated heterocycles. The fraction of sp³-hybridized carbons (Fsp3) is 0.0513. The van der Waals surface area contributed by atoms with E-state index >= 15 is 0 Å². The van der Waals surface area contributed by atoms with Crippen LogP contribution in [-0.4, -0.2) is 4.57 Å². The molecule has 0 N–H and O–H groups in total. The molecule has 8 heteroatoms. The van der Waals surface area contributed by atoms with Crippen LogP contribution in [0.5, 0.6) is 0 Å². The van der Waals surface area contributed by atoms with Gasteiger partial charge in [-0.25, -0.2) is 14.5 Å². The average Bonchev–Trinajstić information content (AvgIpc) is 3.45. The van der Waals surface area contributed by atoms with Gasteiger partial charge in [-0.05, 0) is 60.0 Å². The summed E-state index contributed by atoms with van der Waals surface area (Å²) in [5.74, 6) is -1.08. The summed E-state index contributed by atoms with van der Waals surface area (Å²) in [4.78, 5) is 11.0. The molecule has 0 amide bonds. The third kappa shape index (κ3) is 4.65. The summed E-state index contributed by atoms with van der Waals surface area (Å²) in [5.41, 5.74) is 4.03. The van der Waals surface area contributed by atoms with Crippen molar-refractivity contribution in [3.63, 3.8) is 0 Å². The summed E-state index contributed by atoms with van der Waals surface area (Å²) in [6.45, 7) is 25.6. The van der Waals surface area contributed by atoms with Crippen molar-refractivity contribution >= 4 is 38.9 Å². The predicted octanol–water partition coefficient (Wildman–Crippen LogP) is 9.41. The van der Waals surface area contributed by atoms with E-state index < -0.39 is 5.92 Å². The van der Waals surface area contributed by atoms with E-state index in [0.29, 0.717) is 16.8 Å². The van der Waals surface area contributed by atoms with Crippen molar-refractivity contribution in [3.05, 3.63) is 164 Å². The Kier molecular flexibility index (Phi) is 7.37. The Morgan fingerprint density at radius 2 is 1.13 bits per heavy atom. The molecule has 1 heterocycles. The van der Waals surface area contributed by atoms with E-state index in [1.165, 1.54) is 12.1 Å². The molecule has 6 rings (SSSR count). The smallest absolute Gasteiger partial charge is 0.212 e. The van der Waals surface area contributed by atoms with E-state index in [0.717, 1.165) is 21.8 Å². The van der Waals surface area contributed by atoms with Crippen LogP contribution in [-0.2, 0) is 0 Å². The first-order valence-electron chi connectivity index (χ1n) is 14.1. The zero-order valence-electron chi connectivity index (χ0n) is 24.7. The van der Waals surface area contributed by atoms with Gasteiger partial charge < -0.3 is 4.57 Å². The largest absolute Gasteiger partial charge is 0.318 e. The van der Waals surface area contributed by atoms with E-state index in [1.807, 2.05) is 53.1 Å². The number of hydrogen-bond acceptors (Lipinski definition) is 4. The molecule has 8 nitrogen and oxygen atoms in total. The number of aryl methyl sites for hydroxylation is 1. The van der Waals surface area contributed by atoms with Gasteiger partial charge in [0, 0.05) is 33.4 Å². The minimum Gasteiger partial charge on any atom is -0.318 e. The maximum Gasteiger partial charge on any atom is 0.212 e. The van der Waals surface area contributed by atoms with Crippen LogP contribution >= 0.6 is 0 Å². The molecule has 1 unspecified atom stereocenters. The minimum atomic E-state index is -1.08. The Labute approximate surface area is 270 Å². The lowest BCUT2D eigenvalue weighted by Crippen LogP contribution is -2.12. The number of nitriles is 4. The van der Waals surface area contributed by atoms with E-state index in [9.17, 15) is 21.0 Å². The summed E-state index contributed by atoms with van der Waals surface area (Å²) in [6.07, 6.45) is 0. The molecular formula is C39H18N8. The molecular weight excluding hydrogens is 580 g/mol. The summed E-state index contributed by atoms with van der Waals surface area (Å²) in [7, 11) is 0. The Bertz CT molecular complexity index is 2470. The Balaban J connectivity index is 1.78. The van der Waals surface area contributed by atoms with Crippen LogP contribution in [0.3, 0.4) is 0 Å². The summed E-state index contributed by atoms with van der Waals surface area (Å²) >= 11 is 0. The number of aromatic nitrogens is 1. The highest BCUT2D eigenvalue weighted by Gasteiger charge is 2.31. The molecule has 0 fully saturated rings. The predicted molar refractivity (Wildman–Crippen MR) is 177 cm³/mol. The van der Waals surface area contributed by atoms with Gasteiger partial charge in [-0.2, -0.15) is 21.0 Å². The molecule has 1 atom stereocenters. The fourth-order valence-electron chi connectivity index (χ4n) is 6.32. The van der Waals surface area contributed by atoms with E-state index in [2.05, 4.69) is 38.8 Å². The first kappa shape index (κ1) is 29.4. The zero-order chi connectivity index (χ0) is 33.2. The molecule has 47 heavy (non-hydrogen) atoms. The second kappa shape index (κ2) is 11.8. The summed E-state index contributed by atoms with van der Waals surface area (Å²) in [6, 6.07) is 33.2. The van der Waals surface area contributed by atoms with Crippen LogP contribution in [0.15, 0.2) is 84.9 Å². The highest BCUT2D eigenvalue weighted by molar-refractivity contribution is 6.10. The molecule has 0 spiro atoms. The number of fused-ring (bicyclic) bond motifs is 3. The van der Waals surface area contributed by atoms with E-state index in [-0.39, 0.29) is 50.4 Å². The van der Waals surface area contributed by atoms with Crippen molar-refractivity contribution in [1.82, 2.24) is 4.57 Å². The van der Waals surface area contributed by atoms with Gasteiger partial charge in [0.05, 0.1) is 66.3 Å². The molecule has 0 aliphatic carbocycles. The molecule has 0 saturated carbocycles. The van der Waals surface area contributed by atoms with Gasteiger partial charge in [-0.15, -0.1) is 0 Å². The van der Waals surface area contributed by atoms with Gasteiger partial charge in [0.1, 0.15) is 0 Å². The molecule has 214 valence electrons. The molecule has 0 bridgehead atoms. The quantitative estimate of drug-likeness (QED) is 0.149. The van der Waals surface area contributed by atoms with Crippen LogP contribution in [0.4, 0.5) is 17.1 Å². The maximum atomic E-state index is 10.6. The van der Waals surface area contributed by atoms with Gasteiger partial charge in [0.25, 0.3) is 0 Å². The fourth-order valence-corrected chi connectivity index (χ4v) is 6.32. The first-order chi connectivity index (χ1) is 22.9. The summed E-state index contributed by atoms with van der Waals surface area (Å²) < 4.78 is 1.89. The van der Waals surface area contributed by atoms with Crippen LogP contribution < -0.4 is 0 Å². The molecule has 6 aromatic rings. The van der Waals surface area contributed by atoms with Crippen molar-refractivity contribution in [1.29, 1.82) is 21.0 Å². The van der Waals surface area contributed by atoms with Gasteiger partial charge in [0.2, 0.25) is 5.69 Å². The maximum absolute atomic E-state index is 10.6. The summed E-state index contributed by atoms with van der Waals surface area (Å²) in [5, 5.41) is 43.4. The standard InChI is InChI=1S/C39H18N8/c1-23-13-25(19-40)37(32(14-23)45-3)38(36-26(20-41)16-29(44-2)17-27(36)21-42)24-15-28(22-43)39(33(18-24)46-4)47-34-11-7-5-9-30(34)31-10-6-8-12-35(31)47/h5-18,38H,1H3. The van der Waals surface area contributed by atoms with Crippen LogP contribution in [0, 0.1) is 72.0 Å². The Morgan fingerprint density at radius 3 is 1.64 bits per heavy atom. The van der Waals surface area contributed by atoms with Gasteiger partial charge in [-0.1, -0.05) is 54.1 Å². The second-order valence-electron chi connectivity index (χ2n) is 10.7. The number of hydrogen-bond donors (Lipinski definition) is 0.